The number of nitrogens with zero attached hydrogens (tertiary/aromatic N) is 2. The molecule has 0 aliphatic carbocycles. The molecule has 0 saturated carbocycles. The van der Waals surface area contributed by atoms with Gasteiger partial charge in [0.15, 0.2) is 22.4 Å². The minimum atomic E-state index is -0.625. The lowest BCUT2D eigenvalue weighted by atomic mass is 10.1. The van der Waals surface area contributed by atoms with E-state index in [1.54, 1.807) is 12.1 Å². The monoisotopic (exact) mass is 384 g/mol. The van der Waals surface area contributed by atoms with E-state index >= 15 is 0 Å². The average Bonchev–Trinajstić information content (AvgIpc) is 3.14. The Labute approximate surface area is 157 Å². The summed E-state index contributed by atoms with van der Waals surface area (Å²) in [6.45, 7) is 0. The van der Waals surface area contributed by atoms with E-state index in [0.29, 0.717) is 11.3 Å². The van der Waals surface area contributed by atoms with Gasteiger partial charge >= 0.3 is 0 Å². The number of carbonyl (C=O) groups is 1. The van der Waals surface area contributed by atoms with Crippen molar-refractivity contribution in [1.29, 1.82) is 0 Å². The molecule has 2 aromatic heterocycles. The van der Waals surface area contributed by atoms with Gasteiger partial charge < -0.3 is 14.8 Å². The van der Waals surface area contributed by atoms with E-state index in [0.717, 1.165) is 0 Å². The molecule has 1 amide bonds. The van der Waals surface area contributed by atoms with Crippen LogP contribution in [0.4, 0.5) is 11.5 Å². The highest BCUT2D eigenvalue weighted by Gasteiger charge is 2.16. The molecule has 0 atom stereocenters. The van der Waals surface area contributed by atoms with Crippen LogP contribution in [0.5, 0.6) is 5.75 Å². The molecule has 0 aliphatic heterocycles. The lowest BCUT2D eigenvalue weighted by molar-refractivity contribution is -0.384. The minimum Gasteiger partial charge on any atom is -0.504 e. The van der Waals surface area contributed by atoms with E-state index in [2.05, 4.69) is 15.6 Å². The molecule has 0 bridgehead atoms. The van der Waals surface area contributed by atoms with Crippen LogP contribution in [0.2, 0.25) is 0 Å². The van der Waals surface area contributed by atoms with Crippen molar-refractivity contribution in [3.8, 4) is 17.1 Å². The van der Waals surface area contributed by atoms with Crippen molar-refractivity contribution in [3.63, 3.8) is 0 Å². The van der Waals surface area contributed by atoms with E-state index in [4.69, 9.17) is 16.6 Å². The summed E-state index contributed by atoms with van der Waals surface area (Å²) in [7, 11) is 0. The Bertz CT molecular complexity index is 1030. The molecule has 3 N–H and O–H groups in total. The largest absolute Gasteiger partial charge is 0.504 e. The second-order valence-electron chi connectivity index (χ2n) is 5.25. The van der Waals surface area contributed by atoms with E-state index < -0.39 is 10.8 Å². The van der Waals surface area contributed by atoms with Gasteiger partial charge in [0, 0.05) is 23.9 Å². The van der Waals surface area contributed by atoms with Crippen LogP contribution in [0.1, 0.15) is 10.6 Å². The summed E-state index contributed by atoms with van der Waals surface area (Å²) < 4.78 is 5.45. The number of aromatic hydroxyl groups is 1. The van der Waals surface area contributed by atoms with Gasteiger partial charge in [0.25, 0.3) is 11.6 Å². The van der Waals surface area contributed by atoms with Crippen LogP contribution in [-0.2, 0) is 0 Å². The molecule has 0 fully saturated rings. The molecule has 1 aromatic carbocycles. The fourth-order valence-corrected chi connectivity index (χ4v) is 2.37. The highest BCUT2D eigenvalue weighted by molar-refractivity contribution is 7.80. The highest BCUT2D eigenvalue weighted by Crippen LogP contribution is 2.25. The molecule has 0 unspecified atom stereocenters. The molecule has 10 heteroatoms. The topological polar surface area (TPSA) is 131 Å². The van der Waals surface area contributed by atoms with Gasteiger partial charge in [0.2, 0.25) is 0 Å². The fourth-order valence-electron chi connectivity index (χ4n) is 2.18. The maximum Gasteiger partial charge on any atom is 0.293 e. The summed E-state index contributed by atoms with van der Waals surface area (Å²) in [5.41, 5.74) is 0.373. The molecule has 136 valence electrons. The molecule has 3 aromatic rings. The minimum absolute atomic E-state index is 0.0362. The predicted octanol–water partition coefficient (Wildman–Crippen LogP) is 3.08. The third kappa shape index (κ3) is 4.25. The first-order chi connectivity index (χ1) is 12.9. The standard InChI is InChI=1S/C17H12N4O5S/c22-12-5-2-8-18-15(12)19-17(27)20-16(23)14-7-6-13(26-14)10-3-1-4-11(9-10)21(24)25/h1-9,22H,(H2,18,19,20,23,27). The van der Waals surface area contributed by atoms with Gasteiger partial charge in [-0.25, -0.2) is 4.98 Å². The normalized spacial score (nSPS) is 10.2. The first kappa shape index (κ1) is 18.0. The summed E-state index contributed by atoms with van der Waals surface area (Å²) in [5.74, 6) is -0.393. The molecule has 2 heterocycles. The first-order valence-electron chi connectivity index (χ1n) is 7.55. The number of nitro benzene ring substituents is 1. The van der Waals surface area contributed by atoms with Crippen LogP contribution in [0.25, 0.3) is 11.3 Å². The summed E-state index contributed by atoms with van der Waals surface area (Å²) >= 11 is 5.01. The number of pyridine rings is 1. The van der Waals surface area contributed by atoms with E-state index in [9.17, 15) is 20.0 Å². The Morgan fingerprint density at radius 1 is 1.22 bits per heavy atom. The number of anilines is 1. The fraction of sp³-hybridized carbons (Fsp3) is 0. The Balaban J connectivity index is 1.70. The number of nitrogens with one attached hydrogen (secondary N) is 2. The van der Waals surface area contributed by atoms with Crippen LogP contribution in [-0.4, -0.2) is 26.0 Å². The zero-order chi connectivity index (χ0) is 19.4. The third-order valence-corrected chi connectivity index (χ3v) is 3.62. The summed E-state index contributed by atoms with van der Waals surface area (Å²) in [4.78, 5) is 26.5. The molecular weight excluding hydrogens is 372 g/mol. The van der Waals surface area contributed by atoms with E-state index in [1.807, 2.05) is 0 Å². The number of thiocarbonyl (C=S) groups is 1. The molecule has 0 radical (unpaired) electrons. The van der Waals surface area contributed by atoms with Crippen LogP contribution >= 0.6 is 12.2 Å². The number of hydrogen-bond acceptors (Lipinski definition) is 7. The molecule has 0 saturated heterocycles. The Kier molecular flexibility index (Phi) is 5.08. The summed E-state index contributed by atoms with van der Waals surface area (Å²) in [6, 6.07) is 11.8. The maximum atomic E-state index is 12.2. The maximum absolute atomic E-state index is 12.2. The molecule has 0 spiro atoms. The van der Waals surface area contributed by atoms with Crippen molar-refractivity contribution in [3.05, 3.63) is 70.6 Å². The van der Waals surface area contributed by atoms with Gasteiger partial charge in [-0.1, -0.05) is 12.1 Å². The van der Waals surface area contributed by atoms with Crippen molar-refractivity contribution in [2.75, 3.05) is 5.32 Å². The SMILES string of the molecule is O=C(NC(=S)Nc1ncccc1O)c1ccc(-c2cccc([N+](=O)[O-])c2)o1. The van der Waals surface area contributed by atoms with Crippen LogP contribution in [0, 0.1) is 10.1 Å². The third-order valence-electron chi connectivity index (χ3n) is 3.42. The predicted molar refractivity (Wildman–Crippen MR) is 100 cm³/mol. The number of nitro groups is 1. The van der Waals surface area contributed by atoms with Crippen molar-refractivity contribution in [2.24, 2.45) is 0 Å². The highest BCUT2D eigenvalue weighted by atomic mass is 32.1. The number of carbonyl (C=O) groups excluding carboxylic acids is 1. The molecule has 27 heavy (non-hydrogen) atoms. The Morgan fingerprint density at radius 3 is 2.78 bits per heavy atom. The molecule has 3 rings (SSSR count). The van der Waals surface area contributed by atoms with E-state index in [-0.39, 0.29) is 28.1 Å². The number of aromatic nitrogens is 1. The summed E-state index contributed by atoms with van der Waals surface area (Å²) in [6.07, 6.45) is 1.45. The first-order valence-corrected chi connectivity index (χ1v) is 7.96. The number of hydrogen-bond donors (Lipinski definition) is 3. The van der Waals surface area contributed by atoms with Crippen molar-refractivity contribution < 1.29 is 19.2 Å². The van der Waals surface area contributed by atoms with Gasteiger partial charge in [0.05, 0.1) is 4.92 Å². The lowest BCUT2D eigenvalue weighted by Crippen LogP contribution is -2.34. The second-order valence-corrected chi connectivity index (χ2v) is 5.66. The quantitative estimate of drug-likeness (QED) is 0.355. The molecule has 9 nitrogen and oxygen atoms in total. The van der Waals surface area contributed by atoms with Gasteiger partial charge in [-0.05, 0) is 36.5 Å². The number of non-ortho nitro benzene ring substituents is 1. The number of amides is 1. The van der Waals surface area contributed by atoms with Crippen molar-refractivity contribution in [1.82, 2.24) is 10.3 Å². The molecular formula is C17H12N4O5S. The van der Waals surface area contributed by atoms with Crippen LogP contribution in [0.15, 0.2) is 59.1 Å². The van der Waals surface area contributed by atoms with Gasteiger partial charge in [-0.15, -0.1) is 0 Å². The summed E-state index contributed by atoms with van der Waals surface area (Å²) in [5, 5.41) is 25.4. The molecule has 0 aliphatic rings. The average molecular weight is 384 g/mol. The Morgan fingerprint density at radius 2 is 2.04 bits per heavy atom. The van der Waals surface area contributed by atoms with Gasteiger partial charge in [-0.2, -0.15) is 0 Å². The lowest BCUT2D eigenvalue weighted by Gasteiger charge is -2.08. The number of rotatable bonds is 4. The van der Waals surface area contributed by atoms with E-state index in [1.165, 1.54) is 42.6 Å². The zero-order valence-electron chi connectivity index (χ0n) is 13.6. The zero-order valence-corrected chi connectivity index (χ0v) is 14.4. The smallest absolute Gasteiger partial charge is 0.293 e. The number of furan rings is 1. The van der Waals surface area contributed by atoms with Crippen LogP contribution < -0.4 is 10.6 Å². The number of benzene rings is 1. The van der Waals surface area contributed by atoms with Crippen molar-refractivity contribution >= 4 is 34.7 Å². The van der Waals surface area contributed by atoms with Gasteiger partial charge in [0.1, 0.15) is 5.76 Å². The second kappa shape index (κ2) is 7.62. The van der Waals surface area contributed by atoms with Crippen LogP contribution in [0.3, 0.4) is 0 Å². The van der Waals surface area contributed by atoms with Crippen molar-refractivity contribution in [2.45, 2.75) is 0 Å². The van der Waals surface area contributed by atoms with Gasteiger partial charge in [-0.3, -0.25) is 20.2 Å². The Hall–Kier alpha value is -3.79.